The lowest BCUT2D eigenvalue weighted by molar-refractivity contribution is 0.614. The van der Waals surface area contributed by atoms with Crippen molar-refractivity contribution in [3.05, 3.63) is 23.9 Å². The van der Waals surface area contributed by atoms with Gasteiger partial charge in [0.2, 0.25) is 0 Å². The maximum Gasteiger partial charge on any atom is 0.133 e. The summed E-state index contributed by atoms with van der Waals surface area (Å²) in [5.41, 5.74) is 7.18. The summed E-state index contributed by atoms with van der Waals surface area (Å²) in [5, 5.41) is 0. The molecule has 0 aliphatic rings. The van der Waals surface area contributed by atoms with Crippen LogP contribution in [0.25, 0.3) is 0 Å². The predicted molar refractivity (Wildman–Crippen MR) is 78.8 cm³/mol. The zero-order valence-corrected chi connectivity index (χ0v) is 12.2. The molecule has 0 aliphatic heterocycles. The van der Waals surface area contributed by atoms with Crippen LogP contribution in [-0.2, 0) is 0 Å². The van der Waals surface area contributed by atoms with E-state index in [1.807, 2.05) is 19.2 Å². The Bertz CT molecular complexity index is 347. The molecule has 0 amide bonds. The first-order valence-corrected chi connectivity index (χ1v) is 7.05. The third-order valence-electron chi connectivity index (χ3n) is 3.21. The summed E-state index contributed by atoms with van der Waals surface area (Å²) in [7, 11) is 0. The zero-order valence-electron chi connectivity index (χ0n) is 12.2. The molecular formula is C15H27N3. The van der Waals surface area contributed by atoms with E-state index in [1.54, 1.807) is 0 Å². The number of rotatable bonds is 7. The third kappa shape index (κ3) is 3.98. The van der Waals surface area contributed by atoms with Crippen LogP contribution in [0.1, 0.15) is 58.6 Å². The maximum absolute atomic E-state index is 6.04. The van der Waals surface area contributed by atoms with Crippen LogP contribution in [0, 0.1) is 0 Å². The first kappa shape index (κ1) is 15.0. The van der Waals surface area contributed by atoms with E-state index in [4.69, 9.17) is 5.73 Å². The Morgan fingerprint density at radius 1 is 1.28 bits per heavy atom. The first-order chi connectivity index (χ1) is 8.57. The van der Waals surface area contributed by atoms with Gasteiger partial charge in [0.15, 0.2) is 0 Å². The Hall–Kier alpha value is -1.09. The molecule has 0 saturated heterocycles. The number of anilines is 1. The van der Waals surface area contributed by atoms with Crippen LogP contribution in [0.3, 0.4) is 0 Å². The molecule has 0 unspecified atom stereocenters. The molecule has 0 fully saturated rings. The smallest absolute Gasteiger partial charge is 0.133 e. The Labute approximate surface area is 111 Å². The largest absolute Gasteiger partial charge is 0.354 e. The average molecular weight is 249 g/mol. The van der Waals surface area contributed by atoms with Crippen molar-refractivity contribution in [3.8, 4) is 0 Å². The molecule has 1 heterocycles. The monoisotopic (exact) mass is 249 g/mol. The van der Waals surface area contributed by atoms with E-state index in [-0.39, 0.29) is 6.04 Å². The SMILES string of the molecule is CCCCCN(c1ncccc1[C@@H](C)N)C(C)C. The van der Waals surface area contributed by atoms with Gasteiger partial charge < -0.3 is 10.6 Å². The molecule has 0 aliphatic carbocycles. The van der Waals surface area contributed by atoms with Gasteiger partial charge in [-0.1, -0.05) is 25.8 Å². The van der Waals surface area contributed by atoms with Crippen molar-refractivity contribution in [1.29, 1.82) is 0 Å². The second-order valence-corrected chi connectivity index (χ2v) is 5.20. The highest BCUT2D eigenvalue weighted by Gasteiger charge is 2.16. The number of aromatic nitrogens is 1. The number of nitrogens with zero attached hydrogens (tertiary/aromatic N) is 2. The molecular weight excluding hydrogens is 222 g/mol. The fraction of sp³-hybridized carbons (Fsp3) is 0.667. The van der Waals surface area contributed by atoms with Gasteiger partial charge in [0.25, 0.3) is 0 Å². The number of hydrogen-bond acceptors (Lipinski definition) is 3. The van der Waals surface area contributed by atoms with Crippen molar-refractivity contribution in [2.24, 2.45) is 5.73 Å². The molecule has 0 spiro atoms. The lowest BCUT2D eigenvalue weighted by Gasteiger charge is -2.30. The third-order valence-corrected chi connectivity index (χ3v) is 3.21. The molecule has 3 nitrogen and oxygen atoms in total. The average Bonchev–Trinajstić information content (AvgIpc) is 2.34. The van der Waals surface area contributed by atoms with E-state index in [9.17, 15) is 0 Å². The Kier molecular flexibility index (Phi) is 6.13. The fourth-order valence-electron chi connectivity index (χ4n) is 2.15. The van der Waals surface area contributed by atoms with Gasteiger partial charge in [-0.3, -0.25) is 0 Å². The Morgan fingerprint density at radius 3 is 2.56 bits per heavy atom. The van der Waals surface area contributed by atoms with Crippen LogP contribution >= 0.6 is 0 Å². The second kappa shape index (κ2) is 7.37. The van der Waals surface area contributed by atoms with Gasteiger partial charge in [-0.2, -0.15) is 0 Å². The fourth-order valence-corrected chi connectivity index (χ4v) is 2.15. The summed E-state index contributed by atoms with van der Waals surface area (Å²) in [6.45, 7) is 9.73. The maximum atomic E-state index is 6.04. The predicted octanol–water partition coefficient (Wildman–Crippen LogP) is 3.51. The summed E-state index contributed by atoms with van der Waals surface area (Å²) in [5.74, 6) is 1.05. The second-order valence-electron chi connectivity index (χ2n) is 5.20. The van der Waals surface area contributed by atoms with E-state index >= 15 is 0 Å². The summed E-state index contributed by atoms with van der Waals surface area (Å²) in [4.78, 5) is 6.92. The van der Waals surface area contributed by atoms with E-state index in [2.05, 4.69) is 36.7 Å². The van der Waals surface area contributed by atoms with Crippen molar-refractivity contribution in [2.75, 3.05) is 11.4 Å². The number of pyridine rings is 1. The minimum absolute atomic E-state index is 0.0288. The minimum atomic E-state index is 0.0288. The molecule has 18 heavy (non-hydrogen) atoms. The zero-order chi connectivity index (χ0) is 13.5. The van der Waals surface area contributed by atoms with Gasteiger partial charge >= 0.3 is 0 Å². The van der Waals surface area contributed by atoms with Gasteiger partial charge in [-0.15, -0.1) is 0 Å². The van der Waals surface area contributed by atoms with Crippen LogP contribution in [0.2, 0.25) is 0 Å². The normalized spacial score (nSPS) is 12.8. The lowest BCUT2D eigenvalue weighted by Crippen LogP contribution is -2.34. The van der Waals surface area contributed by atoms with Gasteiger partial charge in [0.1, 0.15) is 5.82 Å². The van der Waals surface area contributed by atoms with Crippen LogP contribution in [0.4, 0.5) is 5.82 Å². The van der Waals surface area contributed by atoms with E-state index in [0.717, 1.165) is 17.9 Å². The molecule has 2 N–H and O–H groups in total. The highest BCUT2D eigenvalue weighted by atomic mass is 15.2. The Balaban J connectivity index is 2.91. The topological polar surface area (TPSA) is 42.2 Å². The van der Waals surface area contributed by atoms with Crippen molar-refractivity contribution >= 4 is 5.82 Å². The van der Waals surface area contributed by atoms with Crippen LogP contribution < -0.4 is 10.6 Å². The number of nitrogens with two attached hydrogens (primary N) is 1. The number of unbranched alkanes of at least 4 members (excludes halogenated alkanes) is 2. The lowest BCUT2D eigenvalue weighted by atomic mass is 10.1. The van der Waals surface area contributed by atoms with Gasteiger partial charge in [-0.25, -0.2) is 4.98 Å². The van der Waals surface area contributed by atoms with Crippen LogP contribution in [0.15, 0.2) is 18.3 Å². The summed E-state index contributed by atoms with van der Waals surface area (Å²) >= 11 is 0. The summed E-state index contributed by atoms with van der Waals surface area (Å²) < 4.78 is 0. The molecule has 0 saturated carbocycles. The minimum Gasteiger partial charge on any atom is -0.354 e. The summed E-state index contributed by atoms with van der Waals surface area (Å²) in [6, 6.07) is 4.53. The van der Waals surface area contributed by atoms with Crippen molar-refractivity contribution < 1.29 is 0 Å². The molecule has 1 rings (SSSR count). The van der Waals surface area contributed by atoms with Crippen molar-refractivity contribution in [1.82, 2.24) is 4.98 Å². The van der Waals surface area contributed by atoms with Crippen LogP contribution in [0.5, 0.6) is 0 Å². The molecule has 0 radical (unpaired) electrons. The molecule has 1 aromatic rings. The van der Waals surface area contributed by atoms with Crippen molar-refractivity contribution in [2.45, 2.75) is 59.0 Å². The van der Waals surface area contributed by atoms with Gasteiger partial charge in [0, 0.05) is 30.4 Å². The molecule has 1 atom stereocenters. The van der Waals surface area contributed by atoms with E-state index < -0.39 is 0 Å². The van der Waals surface area contributed by atoms with Gasteiger partial charge in [0.05, 0.1) is 0 Å². The highest BCUT2D eigenvalue weighted by molar-refractivity contribution is 5.48. The van der Waals surface area contributed by atoms with Gasteiger partial charge in [-0.05, 0) is 33.3 Å². The molecule has 1 aromatic heterocycles. The van der Waals surface area contributed by atoms with E-state index in [1.165, 1.54) is 19.3 Å². The quantitative estimate of drug-likeness (QED) is 0.752. The Morgan fingerprint density at radius 2 is 2.00 bits per heavy atom. The molecule has 0 bridgehead atoms. The summed E-state index contributed by atoms with van der Waals surface area (Å²) in [6.07, 6.45) is 5.58. The number of hydrogen-bond donors (Lipinski definition) is 1. The van der Waals surface area contributed by atoms with Crippen LogP contribution in [-0.4, -0.2) is 17.6 Å². The van der Waals surface area contributed by atoms with E-state index in [0.29, 0.717) is 6.04 Å². The molecule has 102 valence electrons. The standard InChI is InChI=1S/C15H27N3/c1-5-6-7-11-18(12(2)3)15-14(13(4)16)9-8-10-17-15/h8-10,12-13H,5-7,11,16H2,1-4H3/t13-/m1/s1. The first-order valence-electron chi connectivity index (χ1n) is 7.05. The molecule has 0 aromatic carbocycles. The highest BCUT2D eigenvalue weighted by Crippen LogP contribution is 2.24. The van der Waals surface area contributed by atoms with Crippen molar-refractivity contribution in [3.63, 3.8) is 0 Å². The molecule has 3 heteroatoms.